The van der Waals surface area contributed by atoms with E-state index in [4.69, 9.17) is 4.74 Å². The predicted molar refractivity (Wildman–Crippen MR) is 80.2 cm³/mol. The summed E-state index contributed by atoms with van der Waals surface area (Å²) >= 11 is 3.40. The number of hydrogen-bond acceptors (Lipinski definition) is 4. The van der Waals surface area contributed by atoms with Gasteiger partial charge in [-0.25, -0.2) is 9.97 Å². The minimum absolute atomic E-state index is 0.452. The molecule has 2 aromatic rings. The molecule has 0 saturated carbocycles. The van der Waals surface area contributed by atoms with Gasteiger partial charge < -0.3 is 10.1 Å². The van der Waals surface area contributed by atoms with Crippen LogP contribution in [0.1, 0.15) is 5.56 Å². The summed E-state index contributed by atoms with van der Waals surface area (Å²) in [4.78, 5) is 8.14. The molecule has 0 radical (unpaired) electrons. The summed E-state index contributed by atoms with van der Waals surface area (Å²) < 4.78 is 6.30. The molecule has 1 aromatic heterocycles. The van der Waals surface area contributed by atoms with E-state index < -0.39 is 0 Å². The second-order valence-electron chi connectivity index (χ2n) is 3.72. The van der Waals surface area contributed by atoms with Gasteiger partial charge in [0.2, 0.25) is 5.88 Å². The number of halogens is 1. The van der Waals surface area contributed by atoms with Crippen LogP contribution in [0, 0.1) is 0 Å². The van der Waals surface area contributed by atoms with Crippen LogP contribution in [-0.2, 0) is 0 Å². The molecule has 0 amide bonds. The van der Waals surface area contributed by atoms with Gasteiger partial charge in [-0.05, 0) is 27.6 Å². The van der Waals surface area contributed by atoms with Gasteiger partial charge in [0.05, 0.1) is 0 Å². The van der Waals surface area contributed by atoms with Gasteiger partial charge in [-0.1, -0.05) is 36.4 Å². The number of ether oxygens (including phenoxy) is 1. The van der Waals surface area contributed by atoms with Crippen molar-refractivity contribution in [1.82, 2.24) is 9.97 Å². The quantitative estimate of drug-likeness (QED) is 0.917. The molecule has 2 rings (SSSR count). The Morgan fingerprint density at radius 2 is 2.05 bits per heavy atom. The Kier molecular flexibility index (Phi) is 4.92. The van der Waals surface area contributed by atoms with Crippen molar-refractivity contribution < 1.29 is 4.74 Å². The lowest BCUT2D eigenvalue weighted by Crippen LogP contribution is -2.01. The Balaban J connectivity index is 1.95. The van der Waals surface area contributed by atoms with Crippen LogP contribution in [-0.4, -0.2) is 23.6 Å². The van der Waals surface area contributed by atoms with Crippen LogP contribution in [0.4, 0.5) is 5.82 Å². The average Bonchev–Trinajstić information content (AvgIpc) is 2.46. The largest absolute Gasteiger partial charge is 0.472 e. The van der Waals surface area contributed by atoms with Gasteiger partial charge in [0.25, 0.3) is 0 Å². The molecule has 98 valence electrons. The van der Waals surface area contributed by atoms with E-state index in [0.29, 0.717) is 18.3 Å². The third-order valence-corrected chi connectivity index (χ3v) is 3.14. The van der Waals surface area contributed by atoms with Gasteiger partial charge in [0.15, 0.2) is 0 Å². The van der Waals surface area contributed by atoms with Crippen LogP contribution in [0.25, 0.3) is 6.08 Å². The van der Waals surface area contributed by atoms with Gasteiger partial charge >= 0.3 is 0 Å². The number of nitrogens with one attached hydrogen (secondary N) is 1. The molecule has 5 heteroatoms. The van der Waals surface area contributed by atoms with E-state index in [1.165, 1.54) is 6.33 Å². The van der Waals surface area contributed by atoms with E-state index in [9.17, 15) is 0 Å². The Hall–Kier alpha value is -1.88. The van der Waals surface area contributed by atoms with E-state index in [1.54, 1.807) is 7.05 Å². The molecule has 0 atom stereocenters. The molecule has 4 nitrogen and oxygen atoms in total. The van der Waals surface area contributed by atoms with Crippen molar-refractivity contribution in [2.75, 3.05) is 19.0 Å². The summed E-state index contributed by atoms with van der Waals surface area (Å²) in [5.74, 6) is 1.23. The maximum absolute atomic E-state index is 5.58. The molecule has 19 heavy (non-hydrogen) atoms. The van der Waals surface area contributed by atoms with Crippen LogP contribution in [0.5, 0.6) is 5.88 Å². The van der Waals surface area contributed by atoms with Gasteiger partial charge in [0, 0.05) is 7.05 Å². The first-order valence-corrected chi connectivity index (χ1v) is 6.63. The number of aromatic nitrogens is 2. The van der Waals surface area contributed by atoms with Gasteiger partial charge in [-0.3, -0.25) is 0 Å². The predicted octanol–water partition coefficient (Wildman–Crippen LogP) is 3.37. The van der Waals surface area contributed by atoms with Crippen LogP contribution in [0.3, 0.4) is 0 Å². The number of benzene rings is 1. The van der Waals surface area contributed by atoms with E-state index in [-0.39, 0.29) is 0 Å². The zero-order valence-electron chi connectivity index (χ0n) is 10.5. The highest BCUT2D eigenvalue weighted by atomic mass is 79.9. The molecular weight excluding hydrogens is 306 g/mol. The molecular formula is C14H14BrN3O. The smallest absolute Gasteiger partial charge is 0.233 e. The highest BCUT2D eigenvalue weighted by Gasteiger charge is 2.07. The lowest BCUT2D eigenvalue weighted by Gasteiger charge is -2.07. The Labute approximate surface area is 120 Å². The third kappa shape index (κ3) is 3.79. The SMILES string of the molecule is CNc1ncnc(OC/C=C/c2ccccc2)c1Br. The maximum Gasteiger partial charge on any atom is 0.233 e. The zero-order chi connectivity index (χ0) is 13.5. The second-order valence-corrected chi connectivity index (χ2v) is 4.51. The van der Waals surface area contributed by atoms with Crippen molar-refractivity contribution in [3.05, 3.63) is 52.8 Å². The molecule has 0 saturated heterocycles. The molecule has 0 aliphatic rings. The molecule has 0 fully saturated rings. The van der Waals surface area contributed by atoms with E-state index in [1.807, 2.05) is 42.5 Å². The number of rotatable bonds is 5. The minimum Gasteiger partial charge on any atom is -0.472 e. The second kappa shape index (κ2) is 6.89. The summed E-state index contributed by atoms with van der Waals surface area (Å²) in [7, 11) is 1.80. The van der Waals surface area contributed by atoms with Crippen molar-refractivity contribution in [3.8, 4) is 5.88 Å². The van der Waals surface area contributed by atoms with Crippen molar-refractivity contribution >= 4 is 27.8 Å². The Morgan fingerprint density at radius 3 is 2.79 bits per heavy atom. The maximum atomic E-state index is 5.58. The molecule has 1 heterocycles. The molecule has 1 N–H and O–H groups in total. The first-order valence-electron chi connectivity index (χ1n) is 5.84. The van der Waals surface area contributed by atoms with Crippen molar-refractivity contribution in [2.45, 2.75) is 0 Å². The lowest BCUT2D eigenvalue weighted by atomic mass is 10.2. The molecule has 0 aliphatic carbocycles. The summed E-state index contributed by atoms with van der Waals surface area (Å²) in [6, 6.07) is 10.1. The van der Waals surface area contributed by atoms with E-state index >= 15 is 0 Å². The summed E-state index contributed by atoms with van der Waals surface area (Å²) in [6.45, 7) is 0.452. The third-order valence-electron chi connectivity index (χ3n) is 2.42. The van der Waals surface area contributed by atoms with E-state index in [0.717, 1.165) is 10.0 Å². The number of anilines is 1. The molecule has 0 spiro atoms. The fourth-order valence-electron chi connectivity index (χ4n) is 1.50. The van der Waals surface area contributed by atoms with Crippen molar-refractivity contribution in [3.63, 3.8) is 0 Å². The number of hydrogen-bond donors (Lipinski definition) is 1. The Bertz CT molecular complexity index is 558. The summed E-state index contributed by atoms with van der Waals surface area (Å²) in [5, 5.41) is 2.96. The topological polar surface area (TPSA) is 47.0 Å². The molecule has 0 aliphatic heterocycles. The zero-order valence-corrected chi connectivity index (χ0v) is 12.1. The van der Waals surface area contributed by atoms with Crippen LogP contribution >= 0.6 is 15.9 Å². The summed E-state index contributed by atoms with van der Waals surface area (Å²) in [5.41, 5.74) is 1.14. The molecule has 0 bridgehead atoms. The summed E-state index contributed by atoms with van der Waals surface area (Å²) in [6.07, 6.45) is 5.42. The molecule has 1 aromatic carbocycles. The highest BCUT2D eigenvalue weighted by Crippen LogP contribution is 2.27. The van der Waals surface area contributed by atoms with E-state index in [2.05, 4.69) is 31.2 Å². The highest BCUT2D eigenvalue weighted by molar-refractivity contribution is 9.10. The van der Waals surface area contributed by atoms with Gasteiger partial charge in [0.1, 0.15) is 23.2 Å². The normalized spacial score (nSPS) is 10.6. The van der Waals surface area contributed by atoms with Crippen LogP contribution in [0.2, 0.25) is 0 Å². The monoisotopic (exact) mass is 319 g/mol. The lowest BCUT2D eigenvalue weighted by molar-refractivity contribution is 0.346. The number of nitrogens with zero attached hydrogens (tertiary/aromatic N) is 2. The van der Waals surface area contributed by atoms with Crippen LogP contribution < -0.4 is 10.1 Å². The fraction of sp³-hybridized carbons (Fsp3) is 0.143. The first kappa shape index (κ1) is 13.5. The van der Waals surface area contributed by atoms with Crippen LogP contribution in [0.15, 0.2) is 47.2 Å². The average molecular weight is 320 g/mol. The minimum atomic E-state index is 0.452. The van der Waals surface area contributed by atoms with Gasteiger partial charge in [-0.15, -0.1) is 0 Å². The first-order chi connectivity index (χ1) is 9.31. The fourth-order valence-corrected chi connectivity index (χ4v) is 2.02. The standard InChI is InChI=1S/C14H14BrN3O/c1-16-13-12(15)14(18-10-17-13)19-9-5-8-11-6-3-2-4-7-11/h2-8,10H,9H2,1H3,(H,16,17,18)/b8-5+. The van der Waals surface area contributed by atoms with Crippen molar-refractivity contribution in [2.24, 2.45) is 0 Å². The van der Waals surface area contributed by atoms with Crippen molar-refractivity contribution in [1.29, 1.82) is 0 Å². The Morgan fingerprint density at radius 1 is 1.26 bits per heavy atom. The molecule has 0 unspecified atom stereocenters. The van der Waals surface area contributed by atoms with Gasteiger partial charge in [-0.2, -0.15) is 0 Å².